The molecule has 0 saturated carbocycles. The zero-order valence-corrected chi connectivity index (χ0v) is 6.79. The lowest BCUT2D eigenvalue weighted by molar-refractivity contribution is 0.423. The standard InChI is InChI=1S/C8H10BFO2/c1-2-6-3-4-8(10)7(5-6)9(11)12/h3-5,11-12H,2H2,1H3. The van der Waals surface area contributed by atoms with Gasteiger partial charge in [0, 0.05) is 5.46 Å². The number of halogens is 1. The quantitative estimate of drug-likeness (QED) is 0.613. The molecule has 2 N–H and O–H groups in total. The molecule has 0 unspecified atom stereocenters. The SMILES string of the molecule is CCc1ccc(F)c(B(O)O)c1. The van der Waals surface area contributed by atoms with E-state index in [4.69, 9.17) is 10.0 Å². The van der Waals surface area contributed by atoms with Gasteiger partial charge in [0.2, 0.25) is 0 Å². The summed E-state index contributed by atoms with van der Waals surface area (Å²) < 4.78 is 12.8. The molecule has 0 saturated heterocycles. The van der Waals surface area contributed by atoms with Gasteiger partial charge in [-0.25, -0.2) is 4.39 Å². The summed E-state index contributed by atoms with van der Waals surface area (Å²) >= 11 is 0. The highest BCUT2D eigenvalue weighted by atomic mass is 19.1. The molecule has 0 aliphatic rings. The van der Waals surface area contributed by atoms with Crippen LogP contribution in [0, 0.1) is 5.82 Å². The van der Waals surface area contributed by atoms with Crippen LogP contribution in [-0.2, 0) is 6.42 Å². The summed E-state index contributed by atoms with van der Waals surface area (Å²) in [4.78, 5) is 0. The lowest BCUT2D eigenvalue weighted by atomic mass is 9.79. The molecule has 0 heterocycles. The smallest absolute Gasteiger partial charge is 0.423 e. The first-order valence-corrected chi connectivity index (χ1v) is 3.79. The van der Waals surface area contributed by atoms with Crippen molar-refractivity contribution in [2.24, 2.45) is 0 Å². The van der Waals surface area contributed by atoms with E-state index in [9.17, 15) is 4.39 Å². The van der Waals surface area contributed by atoms with Gasteiger partial charge in [0.1, 0.15) is 5.82 Å². The predicted octanol–water partition coefficient (Wildman–Crippen LogP) is 0.0679. The summed E-state index contributed by atoms with van der Waals surface area (Å²) in [6.45, 7) is 1.92. The third kappa shape index (κ3) is 1.84. The Hall–Kier alpha value is -0.865. The zero-order valence-electron chi connectivity index (χ0n) is 6.79. The molecular weight excluding hydrogens is 158 g/mol. The zero-order chi connectivity index (χ0) is 9.14. The fourth-order valence-corrected chi connectivity index (χ4v) is 1.01. The first-order valence-electron chi connectivity index (χ1n) is 3.79. The van der Waals surface area contributed by atoms with Crippen LogP contribution < -0.4 is 5.46 Å². The second kappa shape index (κ2) is 3.69. The van der Waals surface area contributed by atoms with Gasteiger partial charge in [0.15, 0.2) is 0 Å². The van der Waals surface area contributed by atoms with Crippen LogP contribution >= 0.6 is 0 Å². The van der Waals surface area contributed by atoms with Gasteiger partial charge in [0.25, 0.3) is 0 Å². The summed E-state index contributed by atoms with van der Waals surface area (Å²) in [5, 5.41) is 17.5. The van der Waals surface area contributed by atoms with Gasteiger partial charge in [-0.1, -0.05) is 19.1 Å². The van der Waals surface area contributed by atoms with Crippen molar-refractivity contribution >= 4 is 12.6 Å². The van der Waals surface area contributed by atoms with E-state index in [-0.39, 0.29) is 5.46 Å². The van der Waals surface area contributed by atoms with Crippen LogP contribution in [-0.4, -0.2) is 17.2 Å². The van der Waals surface area contributed by atoms with Crippen LogP contribution in [0.3, 0.4) is 0 Å². The van der Waals surface area contributed by atoms with Gasteiger partial charge in [-0.15, -0.1) is 0 Å². The second-order valence-corrected chi connectivity index (χ2v) is 2.58. The Kier molecular flexibility index (Phi) is 2.84. The van der Waals surface area contributed by atoms with Crippen LogP contribution in [0.2, 0.25) is 0 Å². The van der Waals surface area contributed by atoms with Crippen LogP contribution in [0.1, 0.15) is 12.5 Å². The van der Waals surface area contributed by atoms with Gasteiger partial charge < -0.3 is 10.0 Å². The maximum absolute atomic E-state index is 12.8. The molecule has 64 valence electrons. The van der Waals surface area contributed by atoms with Crippen LogP contribution in [0.4, 0.5) is 4.39 Å². The molecular formula is C8H10BFO2. The molecule has 1 aromatic rings. The Morgan fingerprint density at radius 3 is 2.58 bits per heavy atom. The Labute approximate surface area is 70.8 Å². The third-order valence-electron chi connectivity index (χ3n) is 1.75. The van der Waals surface area contributed by atoms with Gasteiger partial charge in [-0.3, -0.25) is 0 Å². The Morgan fingerprint density at radius 1 is 1.42 bits per heavy atom. The molecule has 0 aliphatic carbocycles. The number of hydrogen-bond donors (Lipinski definition) is 2. The highest BCUT2D eigenvalue weighted by Gasteiger charge is 2.15. The van der Waals surface area contributed by atoms with E-state index in [1.165, 1.54) is 12.1 Å². The number of hydrogen-bond acceptors (Lipinski definition) is 2. The number of benzene rings is 1. The van der Waals surface area contributed by atoms with E-state index in [0.717, 1.165) is 12.0 Å². The Bertz CT molecular complexity index is 276. The highest BCUT2D eigenvalue weighted by Crippen LogP contribution is 2.01. The summed E-state index contributed by atoms with van der Waals surface area (Å²) in [7, 11) is -1.73. The summed E-state index contributed by atoms with van der Waals surface area (Å²) in [5.41, 5.74) is 0.828. The molecule has 2 nitrogen and oxygen atoms in total. The van der Waals surface area contributed by atoms with Crippen LogP contribution in [0.5, 0.6) is 0 Å². The fraction of sp³-hybridized carbons (Fsp3) is 0.250. The van der Waals surface area contributed by atoms with Crippen molar-refractivity contribution in [3.8, 4) is 0 Å². The van der Waals surface area contributed by atoms with E-state index < -0.39 is 12.9 Å². The molecule has 0 aromatic heterocycles. The third-order valence-corrected chi connectivity index (χ3v) is 1.75. The molecule has 0 aliphatic heterocycles. The van der Waals surface area contributed by atoms with Gasteiger partial charge in [-0.2, -0.15) is 0 Å². The lowest BCUT2D eigenvalue weighted by Crippen LogP contribution is -2.32. The second-order valence-electron chi connectivity index (χ2n) is 2.58. The predicted molar refractivity (Wildman–Crippen MR) is 45.6 cm³/mol. The van der Waals surface area contributed by atoms with Crippen molar-refractivity contribution in [2.75, 3.05) is 0 Å². The molecule has 1 rings (SSSR count). The monoisotopic (exact) mass is 168 g/mol. The van der Waals surface area contributed by atoms with Crippen molar-refractivity contribution in [1.82, 2.24) is 0 Å². The summed E-state index contributed by atoms with van der Waals surface area (Å²) in [6.07, 6.45) is 0.750. The van der Waals surface area contributed by atoms with Gasteiger partial charge >= 0.3 is 7.12 Å². The van der Waals surface area contributed by atoms with Crippen molar-refractivity contribution in [3.05, 3.63) is 29.6 Å². The fourth-order valence-electron chi connectivity index (χ4n) is 1.01. The average Bonchev–Trinajstić information content (AvgIpc) is 2.05. The lowest BCUT2D eigenvalue weighted by Gasteiger charge is -2.03. The Morgan fingerprint density at radius 2 is 2.08 bits per heavy atom. The molecule has 0 bridgehead atoms. The first kappa shape index (κ1) is 9.22. The van der Waals surface area contributed by atoms with E-state index >= 15 is 0 Å². The molecule has 0 spiro atoms. The number of aryl methyl sites for hydroxylation is 1. The van der Waals surface area contributed by atoms with Crippen LogP contribution in [0.15, 0.2) is 18.2 Å². The molecule has 12 heavy (non-hydrogen) atoms. The van der Waals surface area contributed by atoms with Gasteiger partial charge in [0.05, 0.1) is 0 Å². The minimum Gasteiger partial charge on any atom is -0.423 e. The topological polar surface area (TPSA) is 40.5 Å². The average molecular weight is 168 g/mol. The summed E-state index contributed by atoms with van der Waals surface area (Å²) in [6, 6.07) is 4.33. The van der Waals surface area contributed by atoms with E-state index in [2.05, 4.69) is 0 Å². The largest absolute Gasteiger partial charge is 0.491 e. The van der Waals surface area contributed by atoms with Crippen molar-refractivity contribution in [3.63, 3.8) is 0 Å². The normalized spacial score (nSPS) is 10.0. The van der Waals surface area contributed by atoms with Gasteiger partial charge in [-0.05, 0) is 18.1 Å². The molecule has 1 aromatic carbocycles. The van der Waals surface area contributed by atoms with E-state index in [0.29, 0.717) is 0 Å². The highest BCUT2D eigenvalue weighted by molar-refractivity contribution is 6.58. The van der Waals surface area contributed by atoms with Crippen molar-refractivity contribution in [2.45, 2.75) is 13.3 Å². The minimum absolute atomic E-state index is 0.0608. The van der Waals surface area contributed by atoms with Crippen molar-refractivity contribution in [1.29, 1.82) is 0 Å². The number of rotatable bonds is 2. The minimum atomic E-state index is -1.73. The molecule has 0 atom stereocenters. The first-order chi connectivity index (χ1) is 5.65. The maximum atomic E-state index is 12.8. The maximum Gasteiger partial charge on any atom is 0.491 e. The molecule has 4 heteroatoms. The molecule has 0 amide bonds. The summed E-state index contributed by atoms with van der Waals surface area (Å²) in [5.74, 6) is -0.581. The van der Waals surface area contributed by atoms with E-state index in [1.54, 1.807) is 6.07 Å². The van der Waals surface area contributed by atoms with Crippen molar-refractivity contribution < 1.29 is 14.4 Å². The van der Waals surface area contributed by atoms with Crippen LogP contribution in [0.25, 0.3) is 0 Å². The van der Waals surface area contributed by atoms with E-state index in [1.807, 2.05) is 6.92 Å². The molecule has 0 radical (unpaired) electrons. The molecule has 0 fully saturated rings. The Balaban J connectivity index is 3.08.